The Balaban J connectivity index is 2.19. The predicted molar refractivity (Wildman–Crippen MR) is 73.3 cm³/mol. The molecular weight excluding hydrogens is 351 g/mol. The van der Waals surface area contributed by atoms with E-state index in [1.807, 2.05) is 0 Å². The van der Waals surface area contributed by atoms with Crippen molar-refractivity contribution < 1.29 is 22.8 Å². The molecule has 0 unspecified atom stereocenters. The maximum absolute atomic E-state index is 12.2. The molecular formula is C14H9BrF3NO2. The molecule has 0 saturated carbocycles. The normalized spacial score (nSPS) is 11.4. The molecule has 7 heteroatoms. The fraction of sp³-hybridized carbons (Fsp3) is 0.143. The monoisotopic (exact) mass is 359 g/mol. The van der Waals surface area contributed by atoms with Crippen LogP contribution in [0.5, 0.6) is 0 Å². The van der Waals surface area contributed by atoms with Gasteiger partial charge in [-0.25, -0.2) is 0 Å². The van der Waals surface area contributed by atoms with Gasteiger partial charge in [-0.1, -0.05) is 28.1 Å². The molecule has 0 aliphatic heterocycles. The minimum atomic E-state index is -4.38. The summed E-state index contributed by atoms with van der Waals surface area (Å²) in [4.78, 5) is 24.0. The molecule has 3 nitrogen and oxygen atoms in total. The van der Waals surface area contributed by atoms with Gasteiger partial charge in [-0.3, -0.25) is 9.59 Å². The Morgan fingerprint density at radius 1 is 1.10 bits per heavy atom. The van der Waals surface area contributed by atoms with Crippen molar-refractivity contribution in [1.29, 1.82) is 0 Å². The summed E-state index contributed by atoms with van der Waals surface area (Å²) in [6.45, 7) is -1.20. The molecule has 110 valence electrons. The molecule has 1 aromatic heterocycles. The standard InChI is InChI=1S/C14H9BrF3NO2/c15-11-3-1-2-9(6-11)12(20)13(21)10-4-5-19(7-10)8-14(16,17)18/h1-7H,8H2. The van der Waals surface area contributed by atoms with E-state index in [0.717, 1.165) is 17.0 Å². The first-order valence-corrected chi connectivity index (χ1v) is 6.63. The van der Waals surface area contributed by atoms with Crippen LogP contribution in [0.4, 0.5) is 13.2 Å². The number of alkyl halides is 3. The Bertz CT molecular complexity index is 692. The van der Waals surface area contributed by atoms with Crippen molar-refractivity contribution in [2.45, 2.75) is 12.7 Å². The number of halogens is 4. The van der Waals surface area contributed by atoms with Crippen LogP contribution in [0.2, 0.25) is 0 Å². The molecule has 0 aliphatic rings. The number of benzene rings is 1. The highest BCUT2D eigenvalue weighted by Gasteiger charge is 2.28. The first kappa shape index (κ1) is 15.5. The van der Waals surface area contributed by atoms with Crippen LogP contribution >= 0.6 is 15.9 Å². The Kier molecular flexibility index (Phi) is 4.32. The molecule has 0 bridgehead atoms. The van der Waals surface area contributed by atoms with Crippen LogP contribution in [0.15, 0.2) is 47.2 Å². The van der Waals surface area contributed by atoms with E-state index in [-0.39, 0.29) is 11.1 Å². The van der Waals surface area contributed by atoms with Crippen LogP contribution in [-0.2, 0) is 6.54 Å². The topological polar surface area (TPSA) is 39.1 Å². The number of aromatic nitrogens is 1. The summed E-state index contributed by atoms with van der Waals surface area (Å²) in [5, 5.41) is 0. The van der Waals surface area contributed by atoms with E-state index in [2.05, 4.69) is 15.9 Å². The van der Waals surface area contributed by atoms with Gasteiger partial charge < -0.3 is 4.57 Å². The number of hydrogen-bond donors (Lipinski definition) is 0. The summed E-state index contributed by atoms with van der Waals surface area (Å²) in [5.74, 6) is -1.60. The summed E-state index contributed by atoms with van der Waals surface area (Å²) in [6.07, 6.45) is -2.24. The van der Waals surface area contributed by atoms with Crippen molar-refractivity contribution in [3.8, 4) is 0 Å². The van der Waals surface area contributed by atoms with Gasteiger partial charge in [0.2, 0.25) is 11.6 Å². The van der Waals surface area contributed by atoms with Crippen molar-refractivity contribution in [3.63, 3.8) is 0 Å². The SMILES string of the molecule is O=C(C(=O)c1ccn(CC(F)(F)F)c1)c1cccc(Br)c1. The van der Waals surface area contributed by atoms with Crippen LogP contribution < -0.4 is 0 Å². The molecule has 0 fully saturated rings. The van der Waals surface area contributed by atoms with Gasteiger partial charge in [-0.15, -0.1) is 0 Å². The minimum Gasteiger partial charge on any atom is -0.344 e. The van der Waals surface area contributed by atoms with Gasteiger partial charge in [-0.05, 0) is 18.2 Å². The number of carbonyl (C=O) groups excluding carboxylic acids is 2. The minimum absolute atomic E-state index is 0.0655. The highest BCUT2D eigenvalue weighted by molar-refractivity contribution is 9.10. The lowest BCUT2D eigenvalue weighted by Crippen LogP contribution is -2.17. The van der Waals surface area contributed by atoms with Crippen LogP contribution in [0.1, 0.15) is 20.7 Å². The van der Waals surface area contributed by atoms with Crippen LogP contribution in [0.25, 0.3) is 0 Å². The molecule has 1 heterocycles. The summed E-state index contributed by atoms with van der Waals surface area (Å²) in [5.41, 5.74) is 0.113. The number of Topliss-reactive ketones (excluding diaryl/α,β-unsaturated/α-hetero) is 2. The smallest absolute Gasteiger partial charge is 0.344 e. The Labute approximate surface area is 126 Å². The highest BCUT2D eigenvalue weighted by Crippen LogP contribution is 2.19. The van der Waals surface area contributed by atoms with Crippen LogP contribution in [0.3, 0.4) is 0 Å². The van der Waals surface area contributed by atoms with Gasteiger partial charge in [0.05, 0.1) is 0 Å². The maximum atomic E-state index is 12.2. The molecule has 0 atom stereocenters. The zero-order valence-electron chi connectivity index (χ0n) is 10.5. The Morgan fingerprint density at radius 3 is 2.38 bits per heavy atom. The molecule has 0 spiro atoms. The van der Waals surface area contributed by atoms with E-state index in [0.29, 0.717) is 4.47 Å². The van der Waals surface area contributed by atoms with Crippen molar-refractivity contribution in [1.82, 2.24) is 4.57 Å². The molecule has 0 aliphatic carbocycles. The third-order valence-electron chi connectivity index (χ3n) is 2.67. The van der Waals surface area contributed by atoms with Gasteiger partial charge in [0.25, 0.3) is 0 Å². The van der Waals surface area contributed by atoms with Crippen molar-refractivity contribution in [3.05, 3.63) is 58.3 Å². The lowest BCUT2D eigenvalue weighted by atomic mass is 10.0. The zero-order valence-corrected chi connectivity index (χ0v) is 12.1. The molecule has 2 aromatic rings. The first-order valence-electron chi connectivity index (χ1n) is 5.83. The second-order valence-electron chi connectivity index (χ2n) is 4.36. The highest BCUT2D eigenvalue weighted by atomic mass is 79.9. The number of hydrogen-bond acceptors (Lipinski definition) is 2. The molecule has 21 heavy (non-hydrogen) atoms. The van der Waals surface area contributed by atoms with Gasteiger partial charge >= 0.3 is 6.18 Å². The lowest BCUT2D eigenvalue weighted by Gasteiger charge is -2.06. The van der Waals surface area contributed by atoms with Crippen molar-refractivity contribution >= 4 is 27.5 Å². The summed E-state index contributed by atoms with van der Waals surface area (Å²) < 4.78 is 38.2. The Hall–Kier alpha value is -1.89. The average Bonchev–Trinajstić information content (AvgIpc) is 2.83. The third kappa shape index (κ3) is 4.04. The van der Waals surface area contributed by atoms with E-state index in [4.69, 9.17) is 0 Å². The Morgan fingerprint density at radius 2 is 1.76 bits per heavy atom. The molecule has 0 saturated heterocycles. The summed E-state index contributed by atoms with van der Waals surface area (Å²) in [6, 6.07) is 7.44. The largest absolute Gasteiger partial charge is 0.406 e. The van der Waals surface area contributed by atoms with E-state index < -0.39 is 24.3 Å². The molecule has 0 radical (unpaired) electrons. The number of carbonyl (C=O) groups is 2. The number of nitrogens with zero attached hydrogens (tertiary/aromatic N) is 1. The molecule has 0 amide bonds. The zero-order chi connectivity index (χ0) is 15.6. The average molecular weight is 360 g/mol. The lowest BCUT2D eigenvalue weighted by molar-refractivity contribution is -0.140. The third-order valence-corrected chi connectivity index (χ3v) is 3.16. The molecule has 0 N–H and O–H groups in total. The predicted octanol–water partition coefficient (Wildman–Crippen LogP) is 3.88. The van der Waals surface area contributed by atoms with Gasteiger partial charge in [0.15, 0.2) is 0 Å². The summed E-state index contributed by atoms with van der Waals surface area (Å²) in [7, 11) is 0. The van der Waals surface area contributed by atoms with Crippen LogP contribution in [-0.4, -0.2) is 22.3 Å². The fourth-order valence-electron chi connectivity index (χ4n) is 1.77. The van der Waals surface area contributed by atoms with E-state index in [1.165, 1.54) is 18.2 Å². The van der Waals surface area contributed by atoms with E-state index in [1.54, 1.807) is 12.1 Å². The van der Waals surface area contributed by atoms with Gasteiger partial charge in [0.1, 0.15) is 6.54 Å². The van der Waals surface area contributed by atoms with E-state index in [9.17, 15) is 22.8 Å². The molecule has 1 aromatic carbocycles. The summed E-state index contributed by atoms with van der Waals surface area (Å²) >= 11 is 3.18. The van der Waals surface area contributed by atoms with Crippen molar-refractivity contribution in [2.24, 2.45) is 0 Å². The van der Waals surface area contributed by atoms with Crippen LogP contribution in [0, 0.1) is 0 Å². The second-order valence-corrected chi connectivity index (χ2v) is 5.27. The van der Waals surface area contributed by atoms with Gasteiger partial charge in [0, 0.05) is 28.0 Å². The maximum Gasteiger partial charge on any atom is 0.406 e. The molecule has 2 rings (SSSR count). The number of ketones is 2. The van der Waals surface area contributed by atoms with E-state index >= 15 is 0 Å². The van der Waals surface area contributed by atoms with Crippen molar-refractivity contribution in [2.75, 3.05) is 0 Å². The first-order chi connectivity index (χ1) is 9.76. The second kappa shape index (κ2) is 5.85. The number of rotatable bonds is 4. The quantitative estimate of drug-likeness (QED) is 0.613. The van der Waals surface area contributed by atoms with Gasteiger partial charge in [-0.2, -0.15) is 13.2 Å². The fourth-order valence-corrected chi connectivity index (χ4v) is 2.17.